The molecule has 25 heavy (non-hydrogen) atoms. The van der Waals surface area contributed by atoms with E-state index in [0.717, 1.165) is 22.2 Å². The number of amides is 1. The van der Waals surface area contributed by atoms with Crippen molar-refractivity contribution in [3.05, 3.63) is 66.4 Å². The van der Waals surface area contributed by atoms with E-state index >= 15 is 0 Å². The number of benzene rings is 2. The maximum absolute atomic E-state index is 11.2. The molecule has 6 nitrogen and oxygen atoms in total. The molecule has 1 amide bonds. The SMILES string of the molecule is NC(=O)Cn1cc(/C=N/NC(=S)Nc2ccccc2)c2ccccc21. The molecule has 0 aliphatic rings. The van der Waals surface area contributed by atoms with Crippen LogP contribution in [0, 0.1) is 0 Å². The van der Waals surface area contributed by atoms with Gasteiger partial charge in [-0.25, -0.2) is 0 Å². The van der Waals surface area contributed by atoms with E-state index in [1.807, 2.05) is 60.8 Å². The Kier molecular flexibility index (Phi) is 5.06. The third kappa shape index (κ3) is 4.21. The number of primary amides is 1. The average molecular weight is 351 g/mol. The largest absolute Gasteiger partial charge is 0.368 e. The molecule has 0 spiro atoms. The van der Waals surface area contributed by atoms with Gasteiger partial charge in [-0.15, -0.1) is 0 Å². The van der Waals surface area contributed by atoms with Crippen LogP contribution in [0.5, 0.6) is 0 Å². The lowest BCUT2D eigenvalue weighted by Crippen LogP contribution is -2.23. The van der Waals surface area contributed by atoms with Crippen molar-refractivity contribution in [3.63, 3.8) is 0 Å². The van der Waals surface area contributed by atoms with E-state index in [4.69, 9.17) is 18.0 Å². The molecule has 0 aliphatic heterocycles. The van der Waals surface area contributed by atoms with E-state index in [0.29, 0.717) is 5.11 Å². The number of para-hydroxylation sites is 2. The number of hydrogen-bond donors (Lipinski definition) is 3. The molecule has 3 rings (SSSR count). The van der Waals surface area contributed by atoms with Crippen molar-refractivity contribution in [1.82, 2.24) is 9.99 Å². The predicted octanol–water partition coefficient (Wildman–Crippen LogP) is 2.45. The quantitative estimate of drug-likeness (QED) is 0.374. The van der Waals surface area contributed by atoms with Crippen LogP contribution >= 0.6 is 12.2 Å². The summed E-state index contributed by atoms with van der Waals surface area (Å²) in [5.74, 6) is -0.393. The first-order valence-electron chi connectivity index (χ1n) is 7.65. The van der Waals surface area contributed by atoms with Crippen molar-refractivity contribution in [2.45, 2.75) is 6.54 Å². The van der Waals surface area contributed by atoms with Crippen molar-refractivity contribution in [1.29, 1.82) is 0 Å². The summed E-state index contributed by atoms with van der Waals surface area (Å²) in [5, 5.41) is 8.58. The van der Waals surface area contributed by atoms with E-state index in [-0.39, 0.29) is 6.54 Å². The summed E-state index contributed by atoms with van der Waals surface area (Å²) in [6.07, 6.45) is 3.51. The van der Waals surface area contributed by atoms with E-state index < -0.39 is 5.91 Å². The molecule has 0 atom stereocenters. The van der Waals surface area contributed by atoms with Crippen LogP contribution in [0.3, 0.4) is 0 Å². The Morgan fingerprint density at radius 1 is 1.16 bits per heavy atom. The minimum atomic E-state index is -0.393. The number of anilines is 1. The summed E-state index contributed by atoms with van der Waals surface area (Å²) in [6, 6.07) is 17.3. The Balaban J connectivity index is 1.73. The fourth-order valence-electron chi connectivity index (χ4n) is 2.52. The van der Waals surface area contributed by atoms with Gasteiger partial charge in [-0.3, -0.25) is 10.2 Å². The third-order valence-electron chi connectivity index (χ3n) is 3.55. The molecular weight excluding hydrogens is 334 g/mol. The van der Waals surface area contributed by atoms with Crippen LogP contribution < -0.4 is 16.5 Å². The minimum absolute atomic E-state index is 0.121. The Labute approximate surface area is 150 Å². The van der Waals surface area contributed by atoms with Gasteiger partial charge in [-0.1, -0.05) is 36.4 Å². The number of thiocarbonyl (C=S) groups is 1. The highest BCUT2D eigenvalue weighted by molar-refractivity contribution is 7.80. The van der Waals surface area contributed by atoms with Gasteiger partial charge in [-0.05, 0) is 30.4 Å². The Morgan fingerprint density at radius 2 is 1.88 bits per heavy atom. The molecule has 7 heteroatoms. The van der Waals surface area contributed by atoms with Crippen LogP contribution in [-0.2, 0) is 11.3 Å². The number of nitrogens with one attached hydrogen (secondary N) is 2. The van der Waals surface area contributed by atoms with Crippen molar-refractivity contribution in [2.24, 2.45) is 10.8 Å². The lowest BCUT2D eigenvalue weighted by molar-refractivity contribution is -0.118. The van der Waals surface area contributed by atoms with Crippen LogP contribution in [0.15, 0.2) is 65.9 Å². The zero-order chi connectivity index (χ0) is 17.6. The highest BCUT2D eigenvalue weighted by atomic mass is 32.1. The summed E-state index contributed by atoms with van der Waals surface area (Å²) >= 11 is 5.21. The van der Waals surface area contributed by atoms with E-state index in [2.05, 4.69) is 15.8 Å². The van der Waals surface area contributed by atoms with Gasteiger partial charge in [-0.2, -0.15) is 5.10 Å². The van der Waals surface area contributed by atoms with E-state index in [9.17, 15) is 4.79 Å². The molecule has 0 saturated heterocycles. The van der Waals surface area contributed by atoms with E-state index in [1.54, 1.807) is 10.8 Å². The summed E-state index contributed by atoms with van der Waals surface area (Å²) in [6.45, 7) is 0.121. The first-order valence-corrected chi connectivity index (χ1v) is 8.05. The van der Waals surface area contributed by atoms with Gasteiger partial charge in [0.05, 0.1) is 6.21 Å². The number of hydrogen-bond acceptors (Lipinski definition) is 3. The van der Waals surface area contributed by atoms with Gasteiger partial charge >= 0.3 is 0 Å². The Hall–Kier alpha value is -3.19. The number of aromatic nitrogens is 1. The zero-order valence-electron chi connectivity index (χ0n) is 13.3. The number of hydrazone groups is 1. The van der Waals surface area contributed by atoms with Crippen molar-refractivity contribution < 1.29 is 4.79 Å². The maximum atomic E-state index is 11.2. The zero-order valence-corrected chi connectivity index (χ0v) is 14.2. The molecule has 3 aromatic rings. The average Bonchev–Trinajstić information content (AvgIpc) is 2.93. The molecule has 0 bridgehead atoms. The molecule has 4 N–H and O–H groups in total. The Morgan fingerprint density at radius 3 is 2.64 bits per heavy atom. The molecular formula is C18H17N5OS. The smallest absolute Gasteiger partial charge is 0.237 e. The first-order chi connectivity index (χ1) is 12.1. The van der Waals surface area contributed by atoms with Gasteiger partial charge in [0.15, 0.2) is 5.11 Å². The summed E-state index contributed by atoms with van der Waals surface area (Å²) in [5.41, 5.74) is 10.8. The molecule has 126 valence electrons. The lowest BCUT2D eigenvalue weighted by atomic mass is 10.2. The number of nitrogens with zero attached hydrogens (tertiary/aromatic N) is 2. The topological polar surface area (TPSA) is 84.4 Å². The van der Waals surface area contributed by atoms with Crippen molar-refractivity contribution in [2.75, 3.05) is 5.32 Å². The molecule has 0 saturated carbocycles. The van der Waals surface area contributed by atoms with Crippen molar-refractivity contribution >= 4 is 46.0 Å². The molecule has 0 aliphatic carbocycles. The standard InChI is InChI=1S/C18H17N5OS/c19-17(24)12-23-11-13(15-8-4-5-9-16(15)23)10-20-22-18(25)21-14-6-2-1-3-7-14/h1-11H,12H2,(H2,19,24)(H2,21,22,25)/b20-10+. The number of rotatable bonds is 5. The molecule has 0 radical (unpaired) electrons. The fraction of sp³-hybridized carbons (Fsp3) is 0.0556. The second-order valence-electron chi connectivity index (χ2n) is 5.39. The molecule has 0 fully saturated rings. The second-order valence-corrected chi connectivity index (χ2v) is 5.79. The molecule has 0 unspecified atom stereocenters. The first kappa shape index (κ1) is 16.7. The lowest BCUT2D eigenvalue weighted by Gasteiger charge is -2.05. The van der Waals surface area contributed by atoms with Gasteiger partial charge in [0, 0.05) is 28.4 Å². The number of carbonyl (C=O) groups is 1. The molecule has 1 heterocycles. The van der Waals surface area contributed by atoms with E-state index in [1.165, 1.54) is 0 Å². The highest BCUT2D eigenvalue weighted by Gasteiger charge is 2.08. The van der Waals surface area contributed by atoms with Crippen molar-refractivity contribution in [3.8, 4) is 0 Å². The van der Waals surface area contributed by atoms with Gasteiger partial charge < -0.3 is 15.6 Å². The van der Waals surface area contributed by atoms with Crippen LogP contribution in [0.25, 0.3) is 10.9 Å². The monoisotopic (exact) mass is 351 g/mol. The normalized spacial score (nSPS) is 10.9. The third-order valence-corrected chi connectivity index (χ3v) is 3.74. The minimum Gasteiger partial charge on any atom is -0.368 e. The van der Waals surface area contributed by atoms with Crippen LogP contribution in [0.4, 0.5) is 5.69 Å². The van der Waals surface area contributed by atoms with Crippen LogP contribution in [0.2, 0.25) is 0 Å². The van der Waals surface area contributed by atoms with Crippen LogP contribution in [0.1, 0.15) is 5.56 Å². The highest BCUT2D eigenvalue weighted by Crippen LogP contribution is 2.19. The second kappa shape index (κ2) is 7.59. The van der Waals surface area contributed by atoms with Gasteiger partial charge in [0.2, 0.25) is 5.91 Å². The Bertz CT molecular complexity index is 933. The number of fused-ring (bicyclic) bond motifs is 1. The van der Waals surface area contributed by atoms with Gasteiger partial charge in [0.1, 0.15) is 6.54 Å². The molecule has 1 aromatic heterocycles. The predicted molar refractivity (Wildman–Crippen MR) is 105 cm³/mol. The number of carbonyl (C=O) groups excluding carboxylic acids is 1. The summed E-state index contributed by atoms with van der Waals surface area (Å²) < 4.78 is 1.81. The summed E-state index contributed by atoms with van der Waals surface area (Å²) in [7, 11) is 0. The van der Waals surface area contributed by atoms with Gasteiger partial charge in [0.25, 0.3) is 0 Å². The maximum Gasteiger partial charge on any atom is 0.237 e. The number of nitrogens with two attached hydrogens (primary N) is 1. The fourth-order valence-corrected chi connectivity index (χ4v) is 2.69. The van der Waals surface area contributed by atoms with Crippen LogP contribution in [-0.4, -0.2) is 21.8 Å². The summed E-state index contributed by atoms with van der Waals surface area (Å²) in [4.78, 5) is 11.2. The molecule has 2 aromatic carbocycles.